The van der Waals surface area contributed by atoms with Gasteiger partial charge >= 0.3 is 0 Å². The van der Waals surface area contributed by atoms with E-state index in [1.807, 2.05) is 12.1 Å². The molecule has 17 heavy (non-hydrogen) atoms. The fraction of sp³-hybridized carbons (Fsp3) is 0.538. The Morgan fingerprint density at radius 3 is 2.82 bits per heavy atom. The topological polar surface area (TPSA) is 26.7 Å². The van der Waals surface area contributed by atoms with E-state index in [0.29, 0.717) is 6.04 Å². The minimum absolute atomic E-state index is 0.186. The van der Waals surface area contributed by atoms with Crippen LogP contribution in [0.15, 0.2) is 28.7 Å². The van der Waals surface area contributed by atoms with Crippen LogP contribution in [0.4, 0.5) is 5.69 Å². The van der Waals surface area contributed by atoms with Crippen molar-refractivity contribution in [2.24, 2.45) is 0 Å². The van der Waals surface area contributed by atoms with E-state index in [2.05, 4.69) is 51.8 Å². The summed E-state index contributed by atoms with van der Waals surface area (Å²) in [5, 5.41) is 9.52. The maximum absolute atomic E-state index is 9.52. The Balaban J connectivity index is 2.23. The zero-order chi connectivity index (χ0) is 12.4. The summed E-state index contributed by atoms with van der Waals surface area (Å²) in [6, 6.07) is 8.97. The first kappa shape index (κ1) is 12.9. The molecule has 1 aliphatic heterocycles. The van der Waals surface area contributed by atoms with Crippen LogP contribution < -0.4 is 4.90 Å². The zero-order valence-corrected chi connectivity index (χ0v) is 11.9. The van der Waals surface area contributed by atoms with Crippen LogP contribution >= 0.6 is 15.9 Å². The molecule has 94 valence electrons. The predicted octanol–water partition coefficient (Wildman–Crippen LogP) is 1.95. The number of hydrogen-bond acceptors (Lipinski definition) is 3. The third kappa shape index (κ3) is 2.81. The van der Waals surface area contributed by atoms with Gasteiger partial charge in [0.15, 0.2) is 0 Å². The Kier molecular flexibility index (Phi) is 4.07. The molecule has 0 bridgehead atoms. The SMILES string of the molecule is CC1CN(c2cccc(Br)c2)C(CO)CN1C. The number of anilines is 1. The predicted molar refractivity (Wildman–Crippen MR) is 74.5 cm³/mol. The summed E-state index contributed by atoms with van der Waals surface area (Å²) < 4.78 is 1.08. The minimum atomic E-state index is 0.186. The lowest BCUT2D eigenvalue weighted by atomic mass is 10.1. The largest absolute Gasteiger partial charge is 0.394 e. The smallest absolute Gasteiger partial charge is 0.0648 e. The lowest BCUT2D eigenvalue weighted by Gasteiger charge is -2.44. The molecule has 1 aromatic rings. The van der Waals surface area contributed by atoms with Crippen molar-refractivity contribution >= 4 is 21.6 Å². The van der Waals surface area contributed by atoms with E-state index in [0.717, 1.165) is 17.6 Å². The van der Waals surface area contributed by atoms with Crippen LogP contribution in [0, 0.1) is 0 Å². The number of aliphatic hydroxyl groups is 1. The molecule has 0 spiro atoms. The van der Waals surface area contributed by atoms with Crippen LogP contribution in [0.1, 0.15) is 6.92 Å². The number of hydrogen-bond donors (Lipinski definition) is 1. The normalized spacial score (nSPS) is 26.2. The molecule has 4 heteroatoms. The molecule has 3 nitrogen and oxygen atoms in total. The number of rotatable bonds is 2. The van der Waals surface area contributed by atoms with Crippen molar-refractivity contribution < 1.29 is 5.11 Å². The van der Waals surface area contributed by atoms with Crippen molar-refractivity contribution in [2.45, 2.75) is 19.0 Å². The Morgan fingerprint density at radius 1 is 1.41 bits per heavy atom. The molecule has 0 amide bonds. The molecule has 1 fully saturated rings. The van der Waals surface area contributed by atoms with Crippen LogP contribution in [-0.2, 0) is 0 Å². The van der Waals surface area contributed by atoms with Crippen molar-refractivity contribution in [3.8, 4) is 0 Å². The summed E-state index contributed by atoms with van der Waals surface area (Å²) >= 11 is 3.50. The highest BCUT2D eigenvalue weighted by atomic mass is 79.9. The number of likely N-dealkylation sites (N-methyl/N-ethyl adjacent to an activating group) is 1. The molecule has 1 aromatic carbocycles. The number of nitrogens with zero attached hydrogens (tertiary/aromatic N) is 2. The minimum Gasteiger partial charge on any atom is -0.394 e. The quantitative estimate of drug-likeness (QED) is 0.904. The van der Waals surface area contributed by atoms with Gasteiger partial charge in [-0.2, -0.15) is 0 Å². The average Bonchev–Trinajstić information content (AvgIpc) is 2.32. The molecule has 0 saturated carbocycles. The molecule has 1 N–H and O–H groups in total. The van der Waals surface area contributed by atoms with Crippen LogP contribution in [0.5, 0.6) is 0 Å². The Bertz CT molecular complexity index is 385. The Hall–Kier alpha value is -0.580. The summed E-state index contributed by atoms with van der Waals surface area (Å²) in [5.41, 5.74) is 1.18. The number of piperazine rings is 1. The highest BCUT2D eigenvalue weighted by Crippen LogP contribution is 2.25. The fourth-order valence-corrected chi connectivity index (χ4v) is 2.70. The average molecular weight is 299 g/mol. The number of aliphatic hydroxyl groups excluding tert-OH is 1. The van der Waals surface area contributed by atoms with Gasteiger partial charge in [-0.05, 0) is 32.2 Å². The van der Waals surface area contributed by atoms with E-state index in [1.165, 1.54) is 5.69 Å². The first-order valence-electron chi connectivity index (χ1n) is 5.95. The van der Waals surface area contributed by atoms with Crippen molar-refractivity contribution in [1.82, 2.24) is 4.90 Å². The van der Waals surface area contributed by atoms with Gasteiger partial charge in [-0.15, -0.1) is 0 Å². The molecule has 2 atom stereocenters. The molecule has 0 aliphatic carbocycles. The molecular formula is C13H19BrN2O. The molecule has 2 rings (SSSR count). The molecule has 1 heterocycles. The van der Waals surface area contributed by atoms with Crippen LogP contribution in [0.25, 0.3) is 0 Å². The van der Waals surface area contributed by atoms with Crippen LogP contribution in [0.3, 0.4) is 0 Å². The van der Waals surface area contributed by atoms with Gasteiger partial charge in [0, 0.05) is 29.3 Å². The van der Waals surface area contributed by atoms with E-state index in [4.69, 9.17) is 0 Å². The molecule has 0 radical (unpaired) electrons. The first-order valence-corrected chi connectivity index (χ1v) is 6.74. The van der Waals surface area contributed by atoms with Gasteiger partial charge in [-0.3, -0.25) is 4.90 Å². The number of halogens is 1. The molecular weight excluding hydrogens is 280 g/mol. The second-order valence-corrected chi connectivity index (χ2v) is 5.67. The molecule has 1 saturated heterocycles. The van der Waals surface area contributed by atoms with E-state index >= 15 is 0 Å². The van der Waals surface area contributed by atoms with E-state index in [9.17, 15) is 5.11 Å². The zero-order valence-electron chi connectivity index (χ0n) is 10.3. The van der Waals surface area contributed by atoms with Gasteiger partial charge in [0.25, 0.3) is 0 Å². The summed E-state index contributed by atoms with van der Waals surface area (Å²) in [6.45, 7) is 4.28. The highest BCUT2D eigenvalue weighted by Gasteiger charge is 2.29. The van der Waals surface area contributed by atoms with Crippen molar-refractivity contribution in [2.75, 3.05) is 31.6 Å². The molecule has 0 aromatic heterocycles. The van der Waals surface area contributed by atoms with Gasteiger partial charge in [0.2, 0.25) is 0 Å². The van der Waals surface area contributed by atoms with Gasteiger partial charge in [0.1, 0.15) is 0 Å². The van der Waals surface area contributed by atoms with Crippen molar-refractivity contribution in [1.29, 1.82) is 0 Å². The highest BCUT2D eigenvalue weighted by molar-refractivity contribution is 9.10. The van der Waals surface area contributed by atoms with Crippen molar-refractivity contribution in [3.05, 3.63) is 28.7 Å². The Morgan fingerprint density at radius 2 is 2.18 bits per heavy atom. The first-order chi connectivity index (χ1) is 8.11. The van der Waals surface area contributed by atoms with Crippen LogP contribution in [0.2, 0.25) is 0 Å². The van der Waals surface area contributed by atoms with Gasteiger partial charge in [-0.1, -0.05) is 22.0 Å². The maximum atomic E-state index is 9.52. The van der Waals surface area contributed by atoms with Gasteiger partial charge in [-0.25, -0.2) is 0 Å². The Labute approximate surface area is 111 Å². The van der Waals surface area contributed by atoms with Crippen molar-refractivity contribution in [3.63, 3.8) is 0 Å². The summed E-state index contributed by atoms with van der Waals surface area (Å²) in [5.74, 6) is 0. The second-order valence-electron chi connectivity index (χ2n) is 4.76. The molecule has 1 aliphatic rings. The third-order valence-electron chi connectivity index (χ3n) is 3.50. The van der Waals surface area contributed by atoms with Gasteiger partial charge < -0.3 is 10.0 Å². The standard InChI is InChI=1S/C13H19BrN2O/c1-10-7-16(13(9-17)8-15(10)2)12-5-3-4-11(14)6-12/h3-6,10,13,17H,7-9H2,1-2H3. The lowest BCUT2D eigenvalue weighted by molar-refractivity contribution is 0.155. The van der Waals surface area contributed by atoms with E-state index in [1.54, 1.807) is 0 Å². The maximum Gasteiger partial charge on any atom is 0.0648 e. The van der Waals surface area contributed by atoms with E-state index in [-0.39, 0.29) is 12.6 Å². The summed E-state index contributed by atoms with van der Waals surface area (Å²) in [7, 11) is 2.12. The van der Waals surface area contributed by atoms with Crippen LogP contribution in [-0.4, -0.2) is 48.8 Å². The summed E-state index contributed by atoms with van der Waals surface area (Å²) in [4.78, 5) is 4.60. The third-order valence-corrected chi connectivity index (χ3v) is 4.00. The van der Waals surface area contributed by atoms with E-state index < -0.39 is 0 Å². The van der Waals surface area contributed by atoms with Gasteiger partial charge in [0.05, 0.1) is 12.6 Å². The second kappa shape index (κ2) is 5.38. The number of benzene rings is 1. The fourth-order valence-electron chi connectivity index (χ4n) is 2.31. The summed E-state index contributed by atoms with van der Waals surface area (Å²) in [6.07, 6.45) is 0. The monoisotopic (exact) mass is 298 g/mol. The lowest BCUT2D eigenvalue weighted by Crippen LogP contribution is -2.57. The molecule has 2 unspecified atom stereocenters.